The molecule has 0 bridgehead atoms. The van der Waals surface area contributed by atoms with Crippen LogP contribution in [0.5, 0.6) is 5.75 Å². The molecule has 1 aromatic heterocycles. The van der Waals surface area contributed by atoms with Gasteiger partial charge in [-0.25, -0.2) is 0 Å². The van der Waals surface area contributed by atoms with E-state index in [0.717, 1.165) is 27.1 Å². The number of carbonyl (C=O) groups excluding carboxylic acids is 1. The van der Waals surface area contributed by atoms with Crippen molar-refractivity contribution in [1.29, 1.82) is 0 Å². The molecule has 0 fully saturated rings. The summed E-state index contributed by atoms with van der Waals surface area (Å²) >= 11 is 0. The van der Waals surface area contributed by atoms with Crippen LogP contribution in [-0.2, 0) is 0 Å². The van der Waals surface area contributed by atoms with Gasteiger partial charge in [0.2, 0.25) is 0 Å². The largest absolute Gasteiger partial charge is 0.507 e. The van der Waals surface area contributed by atoms with E-state index in [1.807, 2.05) is 54.6 Å². The van der Waals surface area contributed by atoms with E-state index in [4.69, 9.17) is 0 Å². The maximum absolute atomic E-state index is 11.2. The van der Waals surface area contributed by atoms with E-state index in [2.05, 4.69) is 10.2 Å². The third-order valence-electron chi connectivity index (χ3n) is 3.98. The maximum Gasteiger partial charge on any atom is 0.170 e. The minimum absolute atomic E-state index is 0.228. The number of phenolic OH excluding ortho intramolecular Hbond substituents is 1. The SMILES string of the molecule is O=Cc1nnc(-c2ccc(O)c3ccccc23)c2ccccc12. The Morgan fingerprint density at radius 2 is 1.39 bits per heavy atom. The highest BCUT2D eigenvalue weighted by Gasteiger charge is 2.13. The zero-order chi connectivity index (χ0) is 15.8. The van der Waals surface area contributed by atoms with Crippen LogP contribution < -0.4 is 0 Å². The van der Waals surface area contributed by atoms with Crippen molar-refractivity contribution in [3.05, 3.63) is 66.4 Å². The Hall–Kier alpha value is -3.27. The van der Waals surface area contributed by atoms with Gasteiger partial charge >= 0.3 is 0 Å². The number of aldehydes is 1. The highest BCUT2D eigenvalue weighted by molar-refractivity contribution is 6.07. The van der Waals surface area contributed by atoms with Crippen LogP contribution >= 0.6 is 0 Å². The summed E-state index contributed by atoms with van der Waals surface area (Å²) in [5.74, 6) is 0.228. The third-order valence-corrected chi connectivity index (χ3v) is 3.98. The van der Waals surface area contributed by atoms with Crippen molar-refractivity contribution in [2.75, 3.05) is 0 Å². The van der Waals surface area contributed by atoms with E-state index in [0.29, 0.717) is 17.7 Å². The Balaban J connectivity index is 2.12. The Morgan fingerprint density at radius 3 is 2.13 bits per heavy atom. The molecule has 0 amide bonds. The van der Waals surface area contributed by atoms with Gasteiger partial charge < -0.3 is 5.11 Å². The van der Waals surface area contributed by atoms with Gasteiger partial charge in [0.05, 0.1) is 0 Å². The molecular formula is C19H12N2O2. The number of hydrogen-bond donors (Lipinski definition) is 1. The molecule has 23 heavy (non-hydrogen) atoms. The molecule has 0 saturated carbocycles. The van der Waals surface area contributed by atoms with E-state index in [1.165, 1.54) is 0 Å². The first-order chi connectivity index (χ1) is 11.3. The minimum Gasteiger partial charge on any atom is -0.507 e. The first-order valence-electron chi connectivity index (χ1n) is 7.21. The molecular weight excluding hydrogens is 288 g/mol. The second-order valence-electron chi connectivity index (χ2n) is 5.28. The molecule has 0 atom stereocenters. The van der Waals surface area contributed by atoms with Gasteiger partial charge in [0.1, 0.15) is 17.1 Å². The van der Waals surface area contributed by atoms with Gasteiger partial charge in [-0.15, -0.1) is 10.2 Å². The molecule has 4 heteroatoms. The van der Waals surface area contributed by atoms with Crippen molar-refractivity contribution < 1.29 is 9.90 Å². The zero-order valence-corrected chi connectivity index (χ0v) is 12.1. The van der Waals surface area contributed by atoms with Crippen molar-refractivity contribution in [3.8, 4) is 17.0 Å². The molecule has 110 valence electrons. The summed E-state index contributed by atoms with van der Waals surface area (Å²) in [5.41, 5.74) is 1.90. The number of benzene rings is 3. The van der Waals surface area contributed by atoms with Crippen LogP contribution in [-0.4, -0.2) is 21.6 Å². The van der Waals surface area contributed by atoms with Gasteiger partial charge in [-0.1, -0.05) is 48.5 Å². The number of aromatic hydroxyl groups is 1. The molecule has 0 saturated heterocycles. The van der Waals surface area contributed by atoms with Crippen molar-refractivity contribution in [3.63, 3.8) is 0 Å². The fraction of sp³-hybridized carbons (Fsp3) is 0. The van der Waals surface area contributed by atoms with Crippen molar-refractivity contribution in [1.82, 2.24) is 10.2 Å². The number of phenols is 1. The van der Waals surface area contributed by atoms with Crippen LogP contribution in [0, 0.1) is 0 Å². The van der Waals surface area contributed by atoms with Gasteiger partial charge in [0.25, 0.3) is 0 Å². The number of hydrogen-bond acceptors (Lipinski definition) is 4. The van der Waals surface area contributed by atoms with Crippen LogP contribution in [0.2, 0.25) is 0 Å². The van der Waals surface area contributed by atoms with E-state index in [1.54, 1.807) is 6.07 Å². The molecule has 0 aliphatic rings. The molecule has 3 aromatic carbocycles. The summed E-state index contributed by atoms with van der Waals surface area (Å²) in [4.78, 5) is 11.2. The monoisotopic (exact) mass is 300 g/mol. The maximum atomic E-state index is 11.2. The molecule has 0 spiro atoms. The van der Waals surface area contributed by atoms with Gasteiger partial charge in [0.15, 0.2) is 6.29 Å². The minimum atomic E-state index is 0.228. The smallest absolute Gasteiger partial charge is 0.170 e. The predicted octanol–water partition coefficient (Wildman–Crippen LogP) is 3.97. The fourth-order valence-corrected chi connectivity index (χ4v) is 2.90. The predicted molar refractivity (Wildman–Crippen MR) is 89.5 cm³/mol. The molecule has 1 heterocycles. The average molecular weight is 300 g/mol. The lowest BCUT2D eigenvalue weighted by Crippen LogP contribution is -1.97. The standard InChI is InChI=1S/C19H12N2O2/c22-11-17-13-6-2-4-8-15(13)19(21-20-17)16-9-10-18(23)14-7-3-1-5-12(14)16/h1-11,23H. The lowest BCUT2D eigenvalue weighted by molar-refractivity contribution is 0.112. The lowest BCUT2D eigenvalue weighted by Gasteiger charge is -2.10. The Kier molecular flexibility index (Phi) is 3.01. The molecule has 4 aromatic rings. The number of carbonyl (C=O) groups is 1. The van der Waals surface area contributed by atoms with Crippen molar-refractivity contribution >= 4 is 27.8 Å². The van der Waals surface area contributed by atoms with Crippen LogP contribution in [0.3, 0.4) is 0 Å². The highest BCUT2D eigenvalue weighted by atomic mass is 16.3. The molecule has 0 aliphatic carbocycles. The summed E-state index contributed by atoms with van der Waals surface area (Å²) in [6.07, 6.45) is 0.716. The molecule has 0 unspecified atom stereocenters. The van der Waals surface area contributed by atoms with E-state index in [-0.39, 0.29) is 5.75 Å². The number of fused-ring (bicyclic) bond motifs is 2. The Morgan fingerprint density at radius 1 is 0.739 bits per heavy atom. The molecule has 0 aliphatic heterocycles. The fourth-order valence-electron chi connectivity index (χ4n) is 2.90. The molecule has 0 radical (unpaired) electrons. The quantitative estimate of drug-likeness (QED) is 0.569. The van der Waals surface area contributed by atoms with Crippen molar-refractivity contribution in [2.24, 2.45) is 0 Å². The summed E-state index contributed by atoms with van der Waals surface area (Å²) < 4.78 is 0. The first kappa shape index (κ1) is 13.4. The van der Waals surface area contributed by atoms with Crippen LogP contribution in [0.25, 0.3) is 32.8 Å². The number of rotatable bonds is 2. The van der Waals surface area contributed by atoms with Gasteiger partial charge in [-0.3, -0.25) is 4.79 Å². The van der Waals surface area contributed by atoms with Gasteiger partial charge in [-0.2, -0.15) is 0 Å². The third kappa shape index (κ3) is 2.04. The first-order valence-corrected chi connectivity index (χ1v) is 7.21. The normalized spacial score (nSPS) is 11.0. The molecule has 4 nitrogen and oxygen atoms in total. The number of nitrogens with zero attached hydrogens (tertiary/aromatic N) is 2. The van der Waals surface area contributed by atoms with Gasteiger partial charge in [0, 0.05) is 21.7 Å². The second kappa shape index (κ2) is 5.18. The number of aromatic nitrogens is 2. The summed E-state index contributed by atoms with van der Waals surface area (Å²) in [7, 11) is 0. The van der Waals surface area contributed by atoms with E-state index in [9.17, 15) is 9.90 Å². The van der Waals surface area contributed by atoms with Gasteiger partial charge in [-0.05, 0) is 17.5 Å². The van der Waals surface area contributed by atoms with Crippen LogP contribution in [0.1, 0.15) is 10.5 Å². The van der Waals surface area contributed by atoms with Crippen LogP contribution in [0.15, 0.2) is 60.7 Å². The van der Waals surface area contributed by atoms with Crippen molar-refractivity contribution in [2.45, 2.75) is 0 Å². The average Bonchev–Trinajstić information content (AvgIpc) is 2.62. The van der Waals surface area contributed by atoms with E-state index < -0.39 is 0 Å². The molecule has 1 N–H and O–H groups in total. The zero-order valence-electron chi connectivity index (χ0n) is 12.1. The Bertz CT molecular complexity index is 1060. The lowest BCUT2D eigenvalue weighted by atomic mass is 9.97. The Labute approximate surface area is 132 Å². The van der Waals surface area contributed by atoms with Crippen LogP contribution in [0.4, 0.5) is 0 Å². The summed E-state index contributed by atoms with van der Waals surface area (Å²) in [6.45, 7) is 0. The van der Waals surface area contributed by atoms with E-state index >= 15 is 0 Å². The topological polar surface area (TPSA) is 63.1 Å². The second-order valence-corrected chi connectivity index (χ2v) is 5.28. The molecule has 4 rings (SSSR count). The summed E-state index contributed by atoms with van der Waals surface area (Å²) in [6, 6.07) is 18.6. The highest BCUT2D eigenvalue weighted by Crippen LogP contribution is 2.35. The summed E-state index contributed by atoms with van der Waals surface area (Å²) in [5, 5.41) is 21.7.